The topological polar surface area (TPSA) is 45.5 Å². The molecule has 1 aromatic rings. The lowest BCUT2D eigenvalue weighted by Gasteiger charge is -2.24. The van der Waals surface area contributed by atoms with Gasteiger partial charge in [-0.3, -0.25) is 4.79 Å². The smallest absolute Gasteiger partial charge is 0.289 e. The fraction of sp³-hybridized carbons (Fsp3) is 0.615. The van der Waals surface area contributed by atoms with Crippen LogP contribution in [0.1, 0.15) is 36.2 Å². The van der Waals surface area contributed by atoms with E-state index in [-0.39, 0.29) is 5.91 Å². The van der Waals surface area contributed by atoms with E-state index >= 15 is 0 Å². The van der Waals surface area contributed by atoms with Gasteiger partial charge in [0.25, 0.3) is 5.91 Å². The lowest BCUT2D eigenvalue weighted by atomic mass is 10.2. The summed E-state index contributed by atoms with van der Waals surface area (Å²) in [5, 5.41) is 3.45. The molecule has 2 heterocycles. The molecular weight excluding hydrogens is 296 g/mol. The van der Waals surface area contributed by atoms with Gasteiger partial charge in [-0.05, 0) is 60.3 Å². The van der Waals surface area contributed by atoms with Crippen molar-refractivity contribution in [2.45, 2.75) is 37.8 Å². The first kappa shape index (κ1) is 12.2. The van der Waals surface area contributed by atoms with Crippen LogP contribution < -0.4 is 5.32 Å². The summed E-state index contributed by atoms with van der Waals surface area (Å²) in [7, 11) is 0. The van der Waals surface area contributed by atoms with Gasteiger partial charge in [-0.15, -0.1) is 0 Å². The van der Waals surface area contributed by atoms with Crippen LogP contribution in [0.4, 0.5) is 0 Å². The number of hydrogen-bond acceptors (Lipinski definition) is 3. The Hall–Kier alpha value is -0.810. The van der Waals surface area contributed by atoms with Crippen molar-refractivity contribution in [1.29, 1.82) is 0 Å². The number of carbonyl (C=O) groups is 1. The summed E-state index contributed by atoms with van der Waals surface area (Å²) in [4.78, 5) is 14.4. The van der Waals surface area contributed by atoms with Crippen LogP contribution in [0.2, 0.25) is 0 Å². The third-order valence-electron chi connectivity index (χ3n) is 3.61. The van der Waals surface area contributed by atoms with Gasteiger partial charge in [0.15, 0.2) is 10.4 Å². The van der Waals surface area contributed by atoms with Crippen molar-refractivity contribution >= 4 is 21.8 Å². The molecule has 18 heavy (non-hydrogen) atoms. The van der Waals surface area contributed by atoms with Crippen molar-refractivity contribution in [2.24, 2.45) is 0 Å². The Labute approximate surface area is 115 Å². The van der Waals surface area contributed by atoms with E-state index in [0.717, 1.165) is 25.9 Å². The Kier molecular flexibility index (Phi) is 3.43. The number of rotatable bonds is 4. The highest BCUT2D eigenvalue weighted by atomic mass is 79.9. The van der Waals surface area contributed by atoms with E-state index in [4.69, 9.17) is 4.42 Å². The summed E-state index contributed by atoms with van der Waals surface area (Å²) in [5.41, 5.74) is 0. The third-order valence-corrected chi connectivity index (χ3v) is 4.04. The van der Waals surface area contributed by atoms with Gasteiger partial charge < -0.3 is 14.6 Å². The minimum Gasteiger partial charge on any atom is -0.444 e. The predicted molar refractivity (Wildman–Crippen MR) is 71.5 cm³/mol. The number of carbonyl (C=O) groups excluding carboxylic acids is 1. The van der Waals surface area contributed by atoms with Crippen LogP contribution in [0.5, 0.6) is 0 Å². The molecule has 1 amide bonds. The maximum Gasteiger partial charge on any atom is 0.289 e. The molecule has 1 aliphatic heterocycles. The van der Waals surface area contributed by atoms with E-state index in [9.17, 15) is 4.79 Å². The molecule has 1 saturated carbocycles. The van der Waals surface area contributed by atoms with Gasteiger partial charge >= 0.3 is 0 Å². The molecule has 0 spiro atoms. The van der Waals surface area contributed by atoms with Gasteiger partial charge in [-0.1, -0.05) is 0 Å². The summed E-state index contributed by atoms with van der Waals surface area (Å²) in [6, 6.07) is 4.38. The minimum absolute atomic E-state index is 0.0249. The van der Waals surface area contributed by atoms with Gasteiger partial charge in [0, 0.05) is 18.6 Å². The van der Waals surface area contributed by atoms with Crippen LogP contribution in [0.15, 0.2) is 21.2 Å². The van der Waals surface area contributed by atoms with Gasteiger partial charge in [0.1, 0.15) is 0 Å². The molecule has 0 bridgehead atoms. The average Bonchev–Trinajstić information content (AvgIpc) is 2.88. The number of nitrogens with zero attached hydrogens (tertiary/aromatic N) is 1. The van der Waals surface area contributed by atoms with Gasteiger partial charge in [0.2, 0.25) is 0 Å². The molecule has 1 aromatic heterocycles. The molecule has 1 unspecified atom stereocenters. The molecule has 4 nitrogen and oxygen atoms in total. The number of furan rings is 1. The fourth-order valence-electron chi connectivity index (χ4n) is 2.50. The second-order valence-corrected chi connectivity index (χ2v) is 5.87. The van der Waals surface area contributed by atoms with Crippen molar-refractivity contribution in [2.75, 3.05) is 13.1 Å². The highest BCUT2D eigenvalue weighted by Gasteiger charge is 2.36. The van der Waals surface area contributed by atoms with E-state index in [0.29, 0.717) is 22.5 Å². The zero-order valence-corrected chi connectivity index (χ0v) is 11.8. The van der Waals surface area contributed by atoms with Gasteiger partial charge in [-0.2, -0.15) is 0 Å². The first-order valence-electron chi connectivity index (χ1n) is 6.54. The Morgan fingerprint density at radius 3 is 2.83 bits per heavy atom. The van der Waals surface area contributed by atoms with Gasteiger partial charge in [0.05, 0.1) is 0 Å². The molecule has 1 atom stereocenters. The molecule has 1 saturated heterocycles. The average molecular weight is 313 g/mol. The standard InChI is InChI=1S/C13H17BrN2O2/c14-12-6-5-11(18-12)13(17)16(10-3-4-10)8-9-2-1-7-15-9/h5-6,9-10,15H,1-4,7-8H2. The Balaban J connectivity index is 1.70. The van der Waals surface area contributed by atoms with E-state index in [1.807, 2.05) is 4.90 Å². The molecule has 3 rings (SSSR count). The van der Waals surface area contributed by atoms with Crippen molar-refractivity contribution in [3.63, 3.8) is 0 Å². The highest BCUT2D eigenvalue weighted by Crippen LogP contribution is 2.29. The Bertz CT molecular complexity index is 436. The maximum atomic E-state index is 12.4. The molecule has 2 aliphatic rings. The molecule has 0 aromatic carbocycles. The quantitative estimate of drug-likeness (QED) is 0.928. The molecular formula is C13H17BrN2O2. The molecule has 0 radical (unpaired) electrons. The van der Waals surface area contributed by atoms with Crippen LogP contribution in [0.25, 0.3) is 0 Å². The van der Waals surface area contributed by atoms with E-state index in [1.54, 1.807) is 12.1 Å². The number of hydrogen-bond donors (Lipinski definition) is 1. The zero-order chi connectivity index (χ0) is 12.5. The lowest BCUT2D eigenvalue weighted by Crippen LogP contribution is -2.42. The van der Waals surface area contributed by atoms with Crippen molar-refractivity contribution in [1.82, 2.24) is 10.2 Å². The first-order chi connectivity index (χ1) is 8.74. The summed E-state index contributed by atoms with van der Waals surface area (Å²) >= 11 is 3.24. The lowest BCUT2D eigenvalue weighted by molar-refractivity contribution is 0.0695. The summed E-state index contributed by atoms with van der Waals surface area (Å²) in [5.74, 6) is 0.462. The third kappa shape index (κ3) is 2.62. The van der Waals surface area contributed by atoms with Crippen molar-refractivity contribution in [3.8, 4) is 0 Å². The summed E-state index contributed by atoms with van der Waals surface area (Å²) < 4.78 is 5.99. The second kappa shape index (κ2) is 5.05. The van der Waals surface area contributed by atoms with E-state index < -0.39 is 0 Å². The van der Waals surface area contributed by atoms with Crippen molar-refractivity contribution < 1.29 is 9.21 Å². The van der Waals surface area contributed by atoms with Crippen molar-refractivity contribution in [3.05, 3.63) is 22.6 Å². The number of amides is 1. The van der Waals surface area contributed by atoms with Crippen LogP contribution in [0, 0.1) is 0 Å². The number of halogens is 1. The fourth-order valence-corrected chi connectivity index (χ4v) is 2.81. The minimum atomic E-state index is 0.0249. The monoisotopic (exact) mass is 312 g/mol. The largest absolute Gasteiger partial charge is 0.444 e. The molecule has 98 valence electrons. The van der Waals surface area contributed by atoms with E-state index in [2.05, 4.69) is 21.2 Å². The SMILES string of the molecule is O=C(c1ccc(Br)o1)N(CC1CCCN1)C1CC1. The number of nitrogens with one attached hydrogen (secondary N) is 1. The van der Waals surface area contributed by atoms with Crippen LogP contribution in [-0.2, 0) is 0 Å². The Morgan fingerprint density at radius 1 is 1.44 bits per heavy atom. The maximum absolute atomic E-state index is 12.4. The van der Waals surface area contributed by atoms with E-state index in [1.165, 1.54) is 12.8 Å². The Morgan fingerprint density at radius 2 is 2.28 bits per heavy atom. The van der Waals surface area contributed by atoms with Crippen LogP contribution >= 0.6 is 15.9 Å². The molecule has 5 heteroatoms. The second-order valence-electron chi connectivity index (χ2n) is 5.09. The highest BCUT2D eigenvalue weighted by molar-refractivity contribution is 9.10. The predicted octanol–water partition coefficient (Wildman–Crippen LogP) is 2.40. The van der Waals surface area contributed by atoms with Crippen LogP contribution in [0.3, 0.4) is 0 Å². The summed E-state index contributed by atoms with van der Waals surface area (Å²) in [6.07, 6.45) is 4.63. The van der Waals surface area contributed by atoms with Crippen LogP contribution in [-0.4, -0.2) is 36.0 Å². The summed E-state index contributed by atoms with van der Waals surface area (Å²) in [6.45, 7) is 1.88. The van der Waals surface area contributed by atoms with Gasteiger partial charge in [-0.25, -0.2) is 0 Å². The normalized spacial score (nSPS) is 23.3. The zero-order valence-electron chi connectivity index (χ0n) is 10.2. The molecule has 2 fully saturated rings. The molecule has 1 aliphatic carbocycles. The molecule has 1 N–H and O–H groups in total. The first-order valence-corrected chi connectivity index (χ1v) is 7.33.